The Kier molecular flexibility index (Phi) is 1.84. The van der Waals surface area contributed by atoms with E-state index in [1.165, 1.54) is 12.8 Å². The van der Waals surface area contributed by atoms with Crippen molar-refractivity contribution in [1.82, 2.24) is 9.55 Å². The van der Waals surface area contributed by atoms with Crippen molar-refractivity contribution in [3.05, 3.63) is 30.1 Å². The van der Waals surface area contributed by atoms with Gasteiger partial charge in [0, 0.05) is 12.5 Å². The van der Waals surface area contributed by atoms with Crippen LogP contribution in [0, 0.1) is 0 Å². The van der Waals surface area contributed by atoms with E-state index in [0.717, 1.165) is 22.9 Å². The third kappa shape index (κ3) is 1.35. The van der Waals surface area contributed by atoms with Crippen LogP contribution in [-0.2, 0) is 11.2 Å². The molecule has 0 unspecified atom stereocenters. The summed E-state index contributed by atoms with van der Waals surface area (Å²) >= 11 is 0. The fourth-order valence-corrected chi connectivity index (χ4v) is 2.05. The second kappa shape index (κ2) is 3.19. The van der Waals surface area contributed by atoms with Gasteiger partial charge in [-0.05, 0) is 24.5 Å². The molecule has 0 aliphatic heterocycles. The molecule has 1 aromatic heterocycles. The minimum Gasteiger partial charge on any atom is -0.327 e. The molecule has 76 valence electrons. The van der Waals surface area contributed by atoms with Gasteiger partial charge in [0.2, 0.25) is 0 Å². The van der Waals surface area contributed by atoms with Crippen LogP contribution < -0.4 is 0 Å². The number of carbonyl (C=O) groups is 1. The van der Waals surface area contributed by atoms with Gasteiger partial charge >= 0.3 is 0 Å². The molecule has 1 aliphatic rings. The Morgan fingerprint density at radius 3 is 3.07 bits per heavy atom. The third-order valence-corrected chi connectivity index (χ3v) is 2.92. The van der Waals surface area contributed by atoms with Crippen LogP contribution in [0.5, 0.6) is 0 Å². The average Bonchev–Trinajstić information content (AvgIpc) is 3.00. The lowest BCUT2D eigenvalue weighted by molar-refractivity contribution is -0.107. The highest BCUT2D eigenvalue weighted by Crippen LogP contribution is 2.37. The zero-order valence-electron chi connectivity index (χ0n) is 8.39. The molecule has 1 aliphatic carbocycles. The number of hydrogen-bond donors (Lipinski definition) is 0. The van der Waals surface area contributed by atoms with E-state index in [2.05, 4.69) is 9.55 Å². The van der Waals surface area contributed by atoms with Gasteiger partial charge < -0.3 is 9.36 Å². The SMILES string of the molecule is O=CCc1cccc2ncn(C3CC3)c12. The highest BCUT2D eigenvalue weighted by atomic mass is 16.1. The largest absolute Gasteiger partial charge is 0.327 e. The van der Waals surface area contributed by atoms with Crippen LogP contribution in [0.2, 0.25) is 0 Å². The average molecular weight is 200 g/mol. The van der Waals surface area contributed by atoms with Gasteiger partial charge in [0.25, 0.3) is 0 Å². The highest BCUT2D eigenvalue weighted by Gasteiger charge is 2.25. The van der Waals surface area contributed by atoms with E-state index in [-0.39, 0.29) is 0 Å². The topological polar surface area (TPSA) is 34.9 Å². The van der Waals surface area contributed by atoms with E-state index in [1.807, 2.05) is 24.5 Å². The van der Waals surface area contributed by atoms with E-state index in [4.69, 9.17) is 0 Å². The minimum absolute atomic E-state index is 0.482. The summed E-state index contributed by atoms with van der Waals surface area (Å²) in [6.45, 7) is 0. The summed E-state index contributed by atoms with van der Waals surface area (Å²) in [6, 6.07) is 6.59. The normalized spacial score (nSPS) is 15.7. The first-order valence-electron chi connectivity index (χ1n) is 5.28. The maximum absolute atomic E-state index is 10.6. The predicted octanol–water partition coefficient (Wildman–Crippen LogP) is 2.11. The van der Waals surface area contributed by atoms with Gasteiger partial charge in [-0.2, -0.15) is 0 Å². The number of hydrogen-bond acceptors (Lipinski definition) is 2. The number of nitrogens with zero attached hydrogens (tertiary/aromatic N) is 2. The lowest BCUT2D eigenvalue weighted by Crippen LogP contribution is -1.96. The molecule has 3 nitrogen and oxygen atoms in total. The molecule has 1 aromatic carbocycles. The number of aldehydes is 1. The van der Waals surface area contributed by atoms with Crippen LogP contribution in [0.1, 0.15) is 24.4 Å². The number of rotatable bonds is 3. The van der Waals surface area contributed by atoms with E-state index in [0.29, 0.717) is 12.5 Å². The van der Waals surface area contributed by atoms with Crippen molar-refractivity contribution in [3.8, 4) is 0 Å². The first-order chi connectivity index (χ1) is 7.40. The van der Waals surface area contributed by atoms with E-state index >= 15 is 0 Å². The first kappa shape index (κ1) is 8.65. The molecule has 0 saturated heterocycles. The van der Waals surface area contributed by atoms with Crippen molar-refractivity contribution in [2.45, 2.75) is 25.3 Å². The number of fused-ring (bicyclic) bond motifs is 1. The molecule has 0 spiro atoms. The van der Waals surface area contributed by atoms with Crippen LogP contribution in [0.15, 0.2) is 24.5 Å². The Hall–Kier alpha value is -1.64. The maximum Gasteiger partial charge on any atom is 0.124 e. The quantitative estimate of drug-likeness (QED) is 0.711. The molecule has 1 heterocycles. The summed E-state index contributed by atoms with van der Waals surface area (Å²) in [5, 5.41) is 0. The van der Waals surface area contributed by atoms with Gasteiger partial charge in [-0.25, -0.2) is 4.98 Å². The fraction of sp³-hybridized carbons (Fsp3) is 0.333. The zero-order chi connectivity index (χ0) is 10.3. The van der Waals surface area contributed by atoms with Gasteiger partial charge in [0.15, 0.2) is 0 Å². The smallest absolute Gasteiger partial charge is 0.124 e. The van der Waals surface area contributed by atoms with Crippen molar-refractivity contribution >= 4 is 17.3 Å². The molecule has 0 atom stereocenters. The Morgan fingerprint density at radius 1 is 1.47 bits per heavy atom. The van der Waals surface area contributed by atoms with Gasteiger partial charge in [-0.1, -0.05) is 12.1 Å². The fourth-order valence-electron chi connectivity index (χ4n) is 2.05. The third-order valence-electron chi connectivity index (χ3n) is 2.92. The molecule has 15 heavy (non-hydrogen) atoms. The van der Waals surface area contributed by atoms with E-state index < -0.39 is 0 Å². The van der Waals surface area contributed by atoms with Crippen molar-refractivity contribution in [3.63, 3.8) is 0 Å². The molecular weight excluding hydrogens is 188 g/mol. The summed E-state index contributed by atoms with van der Waals surface area (Å²) < 4.78 is 2.22. The lowest BCUT2D eigenvalue weighted by atomic mass is 10.1. The summed E-state index contributed by atoms with van der Waals surface area (Å²) in [6.07, 6.45) is 5.81. The van der Waals surface area contributed by atoms with Gasteiger partial charge in [-0.3, -0.25) is 0 Å². The van der Waals surface area contributed by atoms with Crippen LogP contribution in [-0.4, -0.2) is 15.8 Å². The number of carbonyl (C=O) groups excluding carboxylic acids is 1. The summed E-state index contributed by atoms with van der Waals surface area (Å²) in [5.41, 5.74) is 3.24. The zero-order valence-corrected chi connectivity index (χ0v) is 8.39. The minimum atomic E-state index is 0.482. The number of benzene rings is 1. The summed E-state index contributed by atoms with van der Waals surface area (Å²) in [7, 11) is 0. The van der Waals surface area contributed by atoms with Gasteiger partial charge in [-0.15, -0.1) is 0 Å². The first-order valence-corrected chi connectivity index (χ1v) is 5.28. The number of aromatic nitrogens is 2. The van der Waals surface area contributed by atoms with Crippen LogP contribution >= 0.6 is 0 Å². The second-order valence-electron chi connectivity index (χ2n) is 4.04. The lowest BCUT2D eigenvalue weighted by Gasteiger charge is -2.04. The van der Waals surface area contributed by atoms with Crippen LogP contribution in [0.25, 0.3) is 11.0 Å². The van der Waals surface area contributed by atoms with E-state index in [9.17, 15) is 4.79 Å². The molecule has 3 heteroatoms. The molecule has 1 fully saturated rings. The molecule has 0 radical (unpaired) electrons. The Labute approximate surface area is 87.7 Å². The number of para-hydroxylation sites is 1. The molecule has 1 saturated carbocycles. The van der Waals surface area contributed by atoms with Crippen molar-refractivity contribution in [1.29, 1.82) is 0 Å². The van der Waals surface area contributed by atoms with Crippen molar-refractivity contribution in [2.24, 2.45) is 0 Å². The Bertz CT molecular complexity index is 511. The second-order valence-corrected chi connectivity index (χ2v) is 4.04. The highest BCUT2D eigenvalue weighted by molar-refractivity contribution is 5.81. The monoisotopic (exact) mass is 200 g/mol. The Balaban J connectivity index is 2.23. The number of imidazole rings is 1. The standard InChI is InChI=1S/C12H12N2O/c15-7-6-9-2-1-3-11-12(9)14(8-13-11)10-4-5-10/h1-3,7-8,10H,4-6H2. The molecule has 3 rings (SSSR count). The molecule has 0 amide bonds. The maximum atomic E-state index is 10.6. The summed E-state index contributed by atoms with van der Waals surface area (Å²) in [4.78, 5) is 15.0. The molecule has 0 N–H and O–H groups in total. The van der Waals surface area contributed by atoms with Gasteiger partial charge in [0.1, 0.15) is 6.29 Å². The van der Waals surface area contributed by atoms with Crippen molar-refractivity contribution in [2.75, 3.05) is 0 Å². The predicted molar refractivity (Wildman–Crippen MR) is 57.8 cm³/mol. The molecule has 2 aromatic rings. The molecular formula is C12H12N2O. The molecule has 0 bridgehead atoms. The summed E-state index contributed by atoms with van der Waals surface area (Å²) in [5.74, 6) is 0. The van der Waals surface area contributed by atoms with Crippen LogP contribution in [0.3, 0.4) is 0 Å². The van der Waals surface area contributed by atoms with Gasteiger partial charge in [0.05, 0.1) is 17.4 Å². The van der Waals surface area contributed by atoms with Crippen LogP contribution in [0.4, 0.5) is 0 Å². The Morgan fingerprint density at radius 2 is 2.33 bits per heavy atom. The van der Waals surface area contributed by atoms with E-state index in [1.54, 1.807) is 0 Å². The van der Waals surface area contributed by atoms with Crippen molar-refractivity contribution < 1.29 is 4.79 Å².